The fourth-order valence-electron chi connectivity index (χ4n) is 0.632. The van der Waals surface area contributed by atoms with Crippen LogP contribution < -0.4 is 5.32 Å². The smallest absolute Gasteiger partial charge is 0.235 e. The molecule has 1 amide bonds. The molecule has 0 aliphatic rings. The van der Waals surface area contributed by atoms with E-state index < -0.39 is 0 Å². The van der Waals surface area contributed by atoms with Gasteiger partial charge in [0.2, 0.25) is 5.91 Å². The van der Waals surface area contributed by atoms with Crippen LogP contribution in [0.15, 0.2) is 22.8 Å². The quantitative estimate of drug-likeness (QED) is 0.781. The van der Waals surface area contributed by atoms with Gasteiger partial charge in [-0.3, -0.25) is 4.79 Å². The van der Waals surface area contributed by atoms with Gasteiger partial charge in [0.05, 0.1) is 5.75 Å². The number of nitrogens with zero attached hydrogens (tertiary/aromatic N) is 1. The Hall–Kier alpha value is -0.550. The van der Waals surface area contributed by atoms with Crippen LogP contribution in [0.5, 0.6) is 0 Å². The highest BCUT2D eigenvalue weighted by Gasteiger charge is 1.98. The van der Waals surface area contributed by atoms with Gasteiger partial charge in [0.25, 0.3) is 0 Å². The van der Waals surface area contributed by atoms with Crippen molar-refractivity contribution in [2.45, 2.75) is 0 Å². The zero-order valence-electron chi connectivity index (χ0n) is 6.12. The van der Waals surface area contributed by atoms with Crippen LogP contribution in [0.25, 0.3) is 0 Å². The Kier molecular flexibility index (Phi) is 3.55. The summed E-state index contributed by atoms with van der Waals surface area (Å²) in [6, 6.07) is 3.52. The fraction of sp³-hybridized carbons (Fsp3) is 0.143. The van der Waals surface area contributed by atoms with E-state index in [9.17, 15) is 4.79 Å². The average Bonchev–Trinajstić information content (AvgIpc) is 2.09. The largest absolute Gasteiger partial charge is 0.310 e. The van der Waals surface area contributed by atoms with Gasteiger partial charge in [-0.1, -0.05) is 0 Å². The molecule has 1 heterocycles. The molecule has 1 aromatic rings. The standard InChI is InChI=1S/C7H7BrN2OS/c8-5-1-2-6(9-3-5)10-7(11)4-12/h1-3,12H,4H2,(H,9,10,11). The van der Waals surface area contributed by atoms with E-state index in [4.69, 9.17) is 0 Å². The molecule has 0 unspecified atom stereocenters. The van der Waals surface area contributed by atoms with Gasteiger partial charge >= 0.3 is 0 Å². The van der Waals surface area contributed by atoms with Crippen molar-refractivity contribution in [3.63, 3.8) is 0 Å². The Labute approximate surface area is 84.1 Å². The van der Waals surface area contributed by atoms with E-state index in [1.165, 1.54) is 0 Å². The van der Waals surface area contributed by atoms with Gasteiger partial charge in [-0.15, -0.1) is 0 Å². The topological polar surface area (TPSA) is 42.0 Å². The summed E-state index contributed by atoms with van der Waals surface area (Å²) in [6.45, 7) is 0. The summed E-state index contributed by atoms with van der Waals surface area (Å²) in [4.78, 5) is 14.8. The molecule has 0 aliphatic carbocycles. The molecule has 0 fully saturated rings. The highest BCUT2D eigenvalue weighted by molar-refractivity contribution is 9.10. The fourth-order valence-corrected chi connectivity index (χ4v) is 0.946. The lowest BCUT2D eigenvalue weighted by molar-refractivity contribution is -0.113. The summed E-state index contributed by atoms with van der Waals surface area (Å²) in [7, 11) is 0. The van der Waals surface area contributed by atoms with Crippen LogP contribution in [0.2, 0.25) is 0 Å². The molecule has 0 atom stereocenters. The number of amides is 1. The average molecular weight is 247 g/mol. The molecule has 1 rings (SSSR count). The van der Waals surface area contributed by atoms with Crippen LogP contribution in [0.1, 0.15) is 0 Å². The lowest BCUT2D eigenvalue weighted by Crippen LogP contribution is -2.13. The molecular formula is C7H7BrN2OS. The van der Waals surface area contributed by atoms with Gasteiger partial charge in [-0.25, -0.2) is 4.98 Å². The van der Waals surface area contributed by atoms with Crippen molar-refractivity contribution in [3.05, 3.63) is 22.8 Å². The number of nitrogens with one attached hydrogen (secondary N) is 1. The van der Waals surface area contributed by atoms with Crippen LogP contribution in [0.3, 0.4) is 0 Å². The molecule has 64 valence electrons. The minimum absolute atomic E-state index is 0.159. The zero-order valence-corrected chi connectivity index (χ0v) is 8.60. The van der Waals surface area contributed by atoms with Crippen LogP contribution in [-0.4, -0.2) is 16.6 Å². The number of carbonyl (C=O) groups excluding carboxylic acids is 1. The van der Waals surface area contributed by atoms with Gasteiger partial charge in [0.15, 0.2) is 0 Å². The van der Waals surface area contributed by atoms with Gasteiger partial charge < -0.3 is 5.32 Å². The zero-order chi connectivity index (χ0) is 8.97. The van der Waals surface area contributed by atoms with Crippen LogP contribution in [-0.2, 0) is 4.79 Å². The molecular weight excluding hydrogens is 240 g/mol. The van der Waals surface area contributed by atoms with Crippen molar-refractivity contribution < 1.29 is 4.79 Å². The van der Waals surface area contributed by atoms with Crippen LogP contribution >= 0.6 is 28.6 Å². The summed E-state index contributed by atoms with van der Waals surface area (Å²) in [5.74, 6) is 0.544. The monoisotopic (exact) mass is 246 g/mol. The third-order valence-electron chi connectivity index (χ3n) is 1.14. The van der Waals surface area contributed by atoms with E-state index in [-0.39, 0.29) is 11.7 Å². The third-order valence-corrected chi connectivity index (χ3v) is 1.89. The van der Waals surface area contributed by atoms with Gasteiger partial charge in [0, 0.05) is 10.7 Å². The van der Waals surface area contributed by atoms with E-state index in [1.54, 1.807) is 18.3 Å². The number of halogens is 1. The van der Waals surface area contributed by atoms with Gasteiger partial charge in [-0.2, -0.15) is 12.6 Å². The van der Waals surface area contributed by atoms with Gasteiger partial charge in [-0.05, 0) is 28.1 Å². The molecule has 0 bridgehead atoms. The summed E-state index contributed by atoms with van der Waals surface area (Å²) in [6.07, 6.45) is 1.62. The highest BCUT2D eigenvalue weighted by atomic mass is 79.9. The van der Waals surface area contributed by atoms with E-state index in [2.05, 4.69) is 38.9 Å². The third kappa shape index (κ3) is 2.83. The van der Waals surface area contributed by atoms with Crippen molar-refractivity contribution >= 4 is 40.3 Å². The van der Waals surface area contributed by atoms with Crippen LogP contribution in [0.4, 0.5) is 5.82 Å². The molecule has 12 heavy (non-hydrogen) atoms. The van der Waals surface area contributed by atoms with Gasteiger partial charge in [0.1, 0.15) is 5.82 Å². The first-order valence-corrected chi connectivity index (χ1v) is 4.67. The predicted octanol–water partition coefficient (Wildman–Crippen LogP) is 1.71. The predicted molar refractivity (Wildman–Crippen MR) is 54.4 cm³/mol. The first-order valence-electron chi connectivity index (χ1n) is 3.24. The SMILES string of the molecule is O=C(CS)Nc1ccc(Br)cn1. The molecule has 3 nitrogen and oxygen atoms in total. The molecule has 0 spiro atoms. The Morgan fingerprint density at radius 1 is 1.67 bits per heavy atom. The Bertz CT molecular complexity index is 275. The van der Waals surface area contributed by atoms with Crippen molar-refractivity contribution in [1.82, 2.24) is 4.98 Å². The molecule has 0 saturated heterocycles. The maximum absolute atomic E-state index is 10.8. The minimum Gasteiger partial charge on any atom is -0.310 e. The molecule has 1 N–H and O–H groups in total. The minimum atomic E-state index is -0.159. The normalized spacial score (nSPS) is 9.50. The maximum Gasteiger partial charge on any atom is 0.235 e. The Morgan fingerprint density at radius 3 is 2.92 bits per heavy atom. The first-order chi connectivity index (χ1) is 5.72. The lowest BCUT2D eigenvalue weighted by atomic mass is 10.4. The van der Waals surface area contributed by atoms with Crippen molar-refractivity contribution in [2.75, 3.05) is 11.1 Å². The van der Waals surface area contributed by atoms with E-state index in [1.807, 2.05) is 0 Å². The van der Waals surface area contributed by atoms with E-state index >= 15 is 0 Å². The number of rotatable bonds is 2. The maximum atomic E-state index is 10.8. The summed E-state index contributed by atoms with van der Waals surface area (Å²) in [5, 5.41) is 2.57. The van der Waals surface area contributed by atoms with E-state index in [0.29, 0.717) is 5.82 Å². The van der Waals surface area contributed by atoms with Crippen LogP contribution in [0, 0.1) is 0 Å². The summed E-state index contributed by atoms with van der Waals surface area (Å²) >= 11 is 7.06. The summed E-state index contributed by atoms with van der Waals surface area (Å²) < 4.78 is 0.881. The number of aromatic nitrogens is 1. The molecule has 0 saturated carbocycles. The Morgan fingerprint density at radius 2 is 2.42 bits per heavy atom. The number of carbonyl (C=O) groups is 1. The number of pyridine rings is 1. The molecule has 1 aromatic heterocycles. The molecule has 0 aromatic carbocycles. The number of hydrogen-bond donors (Lipinski definition) is 2. The van der Waals surface area contributed by atoms with Crippen molar-refractivity contribution in [1.29, 1.82) is 0 Å². The number of hydrogen-bond acceptors (Lipinski definition) is 3. The second-order valence-corrected chi connectivity index (χ2v) is 3.30. The van der Waals surface area contributed by atoms with E-state index in [0.717, 1.165) is 4.47 Å². The lowest BCUT2D eigenvalue weighted by Gasteiger charge is -2.00. The number of anilines is 1. The highest BCUT2D eigenvalue weighted by Crippen LogP contribution is 2.10. The molecule has 5 heteroatoms. The molecule has 0 aliphatic heterocycles. The van der Waals surface area contributed by atoms with Crippen molar-refractivity contribution in [3.8, 4) is 0 Å². The first kappa shape index (κ1) is 9.54. The second kappa shape index (κ2) is 4.47. The number of thiol groups is 1. The summed E-state index contributed by atoms with van der Waals surface area (Å²) in [5.41, 5.74) is 0. The Balaban J connectivity index is 2.64. The second-order valence-electron chi connectivity index (χ2n) is 2.07. The molecule has 0 radical (unpaired) electrons. The van der Waals surface area contributed by atoms with Crippen molar-refractivity contribution in [2.24, 2.45) is 0 Å².